The molecule has 3 rings (SSSR count). The summed E-state index contributed by atoms with van der Waals surface area (Å²) < 4.78 is 14.0. The van der Waals surface area contributed by atoms with Crippen molar-refractivity contribution in [1.29, 1.82) is 0 Å². The van der Waals surface area contributed by atoms with Crippen LogP contribution in [-0.4, -0.2) is 4.98 Å². The molecule has 0 unspecified atom stereocenters. The van der Waals surface area contributed by atoms with Gasteiger partial charge in [-0.2, -0.15) is 0 Å². The first-order valence-electron chi connectivity index (χ1n) is 6.32. The molecule has 0 aliphatic heterocycles. The molecule has 0 atom stereocenters. The lowest BCUT2D eigenvalue weighted by molar-refractivity contribution is 0.636. The number of aryl methyl sites for hydroxylation is 1. The predicted molar refractivity (Wildman–Crippen MR) is 79.7 cm³/mol. The molecule has 0 spiro atoms. The van der Waals surface area contributed by atoms with Crippen LogP contribution >= 0.6 is 0 Å². The van der Waals surface area contributed by atoms with E-state index in [0.717, 1.165) is 11.1 Å². The van der Waals surface area contributed by atoms with Crippen molar-refractivity contribution in [2.24, 2.45) is 5.84 Å². The molecule has 1 aromatic heterocycles. The van der Waals surface area contributed by atoms with Gasteiger partial charge in [0.1, 0.15) is 11.3 Å². The molecule has 1 heterocycles. The van der Waals surface area contributed by atoms with E-state index in [0.29, 0.717) is 22.3 Å². The van der Waals surface area contributed by atoms with Crippen LogP contribution in [0.1, 0.15) is 5.56 Å². The largest absolute Gasteiger partial charge is 0.323 e. The monoisotopic (exact) mass is 267 g/mol. The highest BCUT2D eigenvalue weighted by atomic mass is 19.1. The third kappa shape index (κ3) is 2.00. The van der Waals surface area contributed by atoms with Gasteiger partial charge >= 0.3 is 0 Å². The first-order chi connectivity index (χ1) is 9.70. The van der Waals surface area contributed by atoms with Crippen LogP contribution in [0.25, 0.3) is 22.2 Å². The van der Waals surface area contributed by atoms with Crippen LogP contribution in [0, 0.1) is 12.7 Å². The van der Waals surface area contributed by atoms with Gasteiger partial charge in [0.15, 0.2) is 0 Å². The molecule has 0 amide bonds. The number of fused-ring (bicyclic) bond motifs is 1. The van der Waals surface area contributed by atoms with Crippen molar-refractivity contribution < 1.29 is 4.39 Å². The molecule has 0 aliphatic rings. The third-order valence-corrected chi connectivity index (χ3v) is 3.34. The summed E-state index contributed by atoms with van der Waals surface area (Å²) in [5.74, 6) is 5.23. The van der Waals surface area contributed by atoms with Crippen molar-refractivity contribution >= 4 is 16.6 Å². The number of hydrogen-bond acceptors (Lipinski definition) is 3. The number of hydrazine groups is 1. The number of hydrogen-bond donors (Lipinski definition) is 2. The molecular weight excluding hydrogens is 253 g/mol. The summed E-state index contributed by atoms with van der Waals surface area (Å²) in [5, 5.41) is 0.715. The summed E-state index contributed by atoms with van der Waals surface area (Å²) >= 11 is 0. The Balaban J connectivity index is 2.35. The fraction of sp³-hybridized carbons (Fsp3) is 0.0625. The second-order valence-corrected chi connectivity index (χ2v) is 4.65. The summed E-state index contributed by atoms with van der Waals surface area (Å²) in [7, 11) is 0. The molecule has 4 heteroatoms. The van der Waals surface area contributed by atoms with Gasteiger partial charge in [-0.25, -0.2) is 9.37 Å². The maximum atomic E-state index is 14.0. The number of nitrogen functional groups attached to an aromatic ring is 1. The number of nitrogens with one attached hydrogen (secondary N) is 1. The number of aromatic nitrogens is 1. The maximum Gasteiger partial charge on any atom is 0.149 e. The first kappa shape index (κ1) is 12.6. The highest BCUT2D eigenvalue weighted by Gasteiger charge is 2.12. The number of anilines is 1. The lowest BCUT2D eigenvalue weighted by Crippen LogP contribution is -2.08. The molecular formula is C16H14FN3. The molecule has 0 bridgehead atoms. The normalized spacial score (nSPS) is 10.8. The van der Waals surface area contributed by atoms with Crippen LogP contribution in [0.3, 0.4) is 0 Å². The molecule has 0 aliphatic carbocycles. The quantitative estimate of drug-likeness (QED) is 0.550. The number of halogens is 1. The van der Waals surface area contributed by atoms with Gasteiger partial charge in [0, 0.05) is 10.9 Å². The van der Waals surface area contributed by atoms with E-state index in [1.807, 2.05) is 43.3 Å². The van der Waals surface area contributed by atoms with Crippen molar-refractivity contribution in [1.82, 2.24) is 4.98 Å². The van der Waals surface area contributed by atoms with Crippen LogP contribution < -0.4 is 11.3 Å². The summed E-state index contributed by atoms with van der Waals surface area (Å²) in [6.45, 7) is 1.91. The molecule has 0 radical (unpaired) electrons. The minimum absolute atomic E-state index is 0.333. The maximum absolute atomic E-state index is 14.0. The first-order valence-corrected chi connectivity index (χ1v) is 6.32. The Morgan fingerprint density at radius 2 is 1.85 bits per heavy atom. The van der Waals surface area contributed by atoms with E-state index in [1.54, 1.807) is 6.07 Å². The predicted octanol–water partition coefficient (Wildman–Crippen LogP) is 3.63. The zero-order chi connectivity index (χ0) is 14.1. The Morgan fingerprint density at radius 1 is 1.10 bits per heavy atom. The summed E-state index contributed by atoms with van der Waals surface area (Å²) in [6.07, 6.45) is 0. The molecule has 0 saturated carbocycles. The Labute approximate surface area is 116 Å². The second kappa shape index (κ2) is 4.90. The van der Waals surface area contributed by atoms with E-state index in [4.69, 9.17) is 5.84 Å². The molecule has 3 N–H and O–H groups in total. The summed E-state index contributed by atoms with van der Waals surface area (Å²) in [5.41, 5.74) is 6.19. The SMILES string of the molecule is Cc1ccc(F)c2nc(-c3ccccc3)cc(NN)c12. The van der Waals surface area contributed by atoms with Gasteiger partial charge in [-0.1, -0.05) is 36.4 Å². The Hall–Kier alpha value is -2.46. The van der Waals surface area contributed by atoms with E-state index < -0.39 is 0 Å². The zero-order valence-corrected chi connectivity index (χ0v) is 11.0. The minimum atomic E-state index is -0.347. The fourth-order valence-electron chi connectivity index (χ4n) is 2.35. The number of benzene rings is 2. The Kier molecular flexibility index (Phi) is 3.08. The molecule has 2 aromatic carbocycles. The Morgan fingerprint density at radius 3 is 2.55 bits per heavy atom. The number of pyridine rings is 1. The van der Waals surface area contributed by atoms with Crippen LogP contribution in [-0.2, 0) is 0 Å². The highest BCUT2D eigenvalue weighted by Crippen LogP contribution is 2.31. The summed E-state index contributed by atoms with van der Waals surface area (Å²) in [4.78, 5) is 4.44. The van der Waals surface area contributed by atoms with Crippen LogP contribution in [0.5, 0.6) is 0 Å². The minimum Gasteiger partial charge on any atom is -0.323 e. The van der Waals surface area contributed by atoms with Crippen LogP contribution in [0.15, 0.2) is 48.5 Å². The van der Waals surface area contributed by atoms with E-state index >= 15 is 0 Å². The molecule has 0 saturated heterocycles. The molecule has 3 aromatic rings. The lowest BCUT2D eigenvalue weighted by atomic mass is 10.0. The fourth-order valence-corrected chi connectivity index (χ4v) is 2.35. The van der Waals surface area contributed by atoms with Crippen molar-refractivity contribution in [3.05, 3.63) is 59.9 Å². The molecule has 3 nitrogen and oxygen atoms in total. The standard InChI is InChI=1S/C16H14FN3/c1-10-7-8-12(17)16-15(10)14(20-18)9-13(19-16)11-5-3-2-4-6-11/h2-9H,18H2,1H3,(H,19,20). The lowest BCUT2D eigenvalue weighted by Gasteiger charge is -2.11. The van der Waals surface area contributed by atoms with Gasteiger partial charge in [0.25, 0.3) is 0 Å². The van der Waals surface area contributed by atoms with Gasteiger partial charge in [0.05, 0.1) is 11.4 Å². The van der Waals surface area contributed by atoms with Gasteiger partial charge in [-0.05, 0) is 24.6 Å². The number of nitrogens with zero attached hydrogens (tertiary/aromatic N) is 1. The average molecular weight is 267 g/mol. The van der Waals surface area contributed by atoms with E-state index in [-0.39, 0.29) is 5.82 Å². The molecule has 0 fully saturated rings. The second-order valence-electron chi connectivity index (χ2n) is 4.65. The van der Waals surface area contributed by atoms with Crippen molar-refractivity contribution in [2.75, 3.05) is 5.43 Å². The molecule has 20 heavy (non-hydrogen) atoms. The van der Waals surface area contributed by atoms with Crippen molar-refractivity contribution in [3.63, 3.8) is 0 Å². The molecule has 100 valence electrons. The zero-order valence-electron chi connectivity index (χ0n) is 11.0. The van der Waals surface area contributed by atoms with Crippen molar-refractivity contribution in [2.45, 2.75) is 6.92 Å². The summed E-state index contributed by atoms with van der Waals surface area (Å²) in [6, 6.07) is 14.6. The van der Waals surface area contributed by atoms with E-state index in [2.05, 4.69) is 10.4 Å². The number of rotatable bonds is 2. The highest BCUT2D eigenvalue weighted by molar-refractivity contribution is 5.96. The third-order valence-electron chi connectivity index (χ3n) is 3.34. The van der Waals surface area contributed by atoms with Crippen molar-refractivity contribution in [3.8, 4) is 11.3 Å². The Bertz CT molecular complexity index is 770. The smallest absolute Gasteiger partial charge is 0.149 e. The van der Waals surface area contributed by atoms with E-state index in [1.165, 1.54) is 6.07 Å². The van der Waals surface area contributed by atoms with Gasteiger partial charge < -0.3 is 5.43 Å². The van der Waals surface area contributed by atoms with Gasteiger partial charge in [0.2, 0.25) is 0 Å². The number of nitrogens with two attached hydrogens (primary N) is 1. The van der Waals surface area contributed by atoms with Gasteiger partial charge in [-0.3, -0.25) is 5.84 Å². The van der Waals surface area contributed by atoms with Crippen LogP contribution in [0.4, 0.5) is 10.1 Å². The van der Waals surface area contributed by atoms with Gasteiger partial charge in [-0.15, -0.1) is 0 Å². The average Bonchev–Trinajstić information content (AvgIpc) is 2.51. The topological polar surface area (TPSA) is 50.9 Å². The van der Waals surface area contributed by atoms with E-state index in [9.17, 15) is 4.39 Å². The van der Waals surface area contributed by atoms with Crippen LogP contribution in [0.2, 0.25) is 0 Å².